The summed E-state index contributed by atoms with van der Waals surface area (Å²) in [4.78, 5) is 6.53. The van der Waals surface area contributed by atoms with Gasteiger partial charge in [-0.25, -0.2) is 9.37 Å². The Bertz CT molecular complexity index is 438. The van der Waals surface area contributed by atoms with E-state index in [0.29, 0.717) is 11.0 Å². The quantitative estimate of drug-likeness (QED) is 0.658. The number of nitrogens with one attached hydrogen (secondary N) is 1. The molecule has 0 spiro atoms. The summed E-state index contributed by atoms with van der Waals surface area (Å²) in [5, 5.41) is 0.333. The van der Waals surface area contributed by atoms with Gasteiger partial charge < -0.3 is 4.98 Å². The van der Waals surface area contributed by atoms with Crippen LogP contribution in [-0.2, 0) is 0 Å². The molecule has 0 saturated heterocycles. The van der Waals surface area contributed by atoms with E-state index in [4.69, 9.17) is 23.2 Å². The van der Waals surface area contributed by atoms with Crippen molar-refractivity contribution in [3.8, 4) is 0 Å². The number of hydrogen-bond donors (Lipinski definition) is 1. The van der Waals surface area contributed by atoms with Crippen LogP contribution in [0.15, 0.2) is 12.3 Å². The lowest BCUT2D eigenvalue weighted by Gasteiger charge is -1.97. The maximum Gasteiger partial charge on any atom is 0.179 e. The molecule has 62 valence electrons. The second-order valence-corrected chi connectivity index (χ2v) is 3.01. The zero-order valence-corrected chi connectivity index (χ0v) is 7.25. The number of H-pyrrole nitrogens is 1. The van der Waals surface area contributed by atoms with Gasteiger partial charge in [0.2, 0.25) is 0 Å². The van der Waals surface area contributed by atoms with Gasteiger partial charge in [0.1, 0.15) is 5.65 Å². The van der Waals surface area contributed by atoms with Gasteiger partial charge in [0.15, 0.2) is 11.0 Å². The number of halogens is 3. The van der Waals surface area contributed by atoms with E-state index in [1.54, 1.807) is 12.3 Å². The lowest BCUT2D eigenvalue weighted by atomic mass is 10.3. The van der Waals surface area contributed by atoms with Crippen LogP contribution >= 0.6 is 23.2 Å². The molecule has 0 atom stereocenters. The zero-order valence-electron chi connectivity index (χ0n) is 5.74. The van der Waals surface area contributed by atoms with Gasteiger partial charge in [-0.1, -0.05) is 23.2 Å². The summed E-state index contributed by atoms with van der Waals surface area (Å²) >= 11 is 11.1. The first-order chi connectivity index (χ1) is 5.70. The first-order valence-electron chi connectivity index (χ1n) is 3.17. The SMILES string of the molecule is Fc1c(Cl)nc2[nH]ccc2c1Cl. The van der Waals surface area contributed by atoms with E-state index in [-0.39, 0.29) is 10.2 Å². The molecule has 2 nitrogen and oxygen atoms in total. The highest BCUT2D eigenvalue weighted by atomic mass is 35.5. The van der Waals surface area contributed by atoms with E-state index in [1.165, 1.54) is 0 Å². The lowest BCUT2D eigenvalue weighted by molar-refractivity contribution is 0.625. The number of aromatic amines is 1. The smallest absolute Gasteiger partial charge is 0.179 e. The van der Waals surface area contributed by atoms with Gasteiger partial charge in [0.25, 0.3) is 0 Å². The van der Waals surface area contributed by atoms with Crippen LogP contribution in [0, 0.1) is 5.82 Å². The third-order valence-corrected chi connectivity index (χ3v) is 2.17. The molecule has 1 N–H and O–H groups in total. The van der Waals surface area contributed by atoms with Crippen molar-refractivity contribution in [1.82, 2.24) is 9.97 Å². The van der Waals surface area contributed by atoms with Gasteiger partial charge in [-0.15, -0.1) is 0 Å². The Morgan fingerprint density at radius 3 is 2.92 bits per heavy atom. The van der Waals surface area contributed by atoms with Crippen molar-refractivity contribution < 1.29 is 4.39 Å². The second-order valence-electron chi connectivity index (χ2n) is 2.27. The third kappa shape index (κ3) is 0.974. The summed E-state index contributed by atoms with van der Waals surface area (Å²) in [6.07, 6.45) is 1.62. The van der Waals surface area contributed by atoms with Crippen molar-refractivity contribution in [3.63, 3.8) is 0 Å². The molecular formula is C7H3Cl2FN2. The largest absolute Gasteiger partial charge is 0.346 e. The van der Waals surface area contributed by atoms with E-state index in [1.807, 2.05) is 0 Å². The molecule has 0 aliphatic rings. The molecule has 0 aromatic carbocycles. The fraction of sp³-hybridized carbons (Fsp3) is 0. The fourth-order valence-electron chi connectivity index (χ4n) is 0.986. The van der Waals surface area contributed by atoms with E-state index in [0.717, 1.165) is 0 Å². The summed E-state index contributed by atoms with van der Waals surface area (Å²) in [6, 6.07) is 1.64. The van der Waals surface area contributed by atoms with Crippen LogP contribution in [-0.4, -0.2) is 9.97 Å². The normalized spacial score (nSPS) is 10.9. The molecule has 0 saturated carbocycles. The summed E-state index contributed by atoms with van der Waals surface area (Å²) in [6.45, 7) is 0. The van der Waals surface area contributed by atoms with Crippen LogP contribution in [0.25, 0.3) is 11.0 Å². The number of nitrogens with zero attached hydrogens (tertiary/aromatic N) is 1. The molecule has 0 unspecified atom stereocenters. The molecule has 2 heterocycles. The van der Waals surface area contributed by atoms with Gasteiger partial charge in [-0.05, 0) is 6.07 Å². The van der Waals surface area contributed by atoms with Crippen molar-refractivity contribution >= 4 is 34.2 Å². The average molecular weight is 205 g/mol. The molecule has 12 heavy (non-hydrogen) atoms. The topological polar surface area (TPSA) is 28.7 Å². The fourth-order valence-corrected chi connectivity index (χ4v) is 1.46. The second kappa shape index (κ2) is 2.61. The first kappa shape index (κ1) is 7.83. The maximum atomic E-state index is 13.0. The van der Waals surface area contributed by atoms with Crippen molar-refractivity contribution in [3.05, 3.63) is 28.3 Å². The number of aromatic nitrogens is 2. The van der Waals surface area contributed by atoms with E-state index >= 15 is 0 Å². The number of fused-ring (bicyclic) bond motifs is 1. The summed E-state index contributed by atoms with van der Waals surface area (Å²) in [7, 11) is 0. The molecule has 0 bridgehead atoms. The van der Waals surface area contributed by atoms with Crippen LogP contribution in [0.3, 0.4) is 0 Å². The minimum atomic E-state index is -0.676. The molecular weight excluding hydrogens is 202 g/mol. The van der Waals surface area contributed by atoms with Crippen molar-refractivity contribution in [2.45, 2.75) is 0 Å². The van der Waals surface area contributed by atoms with Crippen molar-refractivity contribution in [2.75, 3.05) is 0 Å². The molecule has 2 aromatic heterocycles. The molecule has 0 radical (unpaired) electrons. The maximum absolute atomic E-state index is 13.0. The van der Waals surface area contributed by atoms with Crippen LogP contribution in [0.5, 0.6) is 0 Å². The predicted molar refractivity (Wildman–Crippen MR) is 46.1 cm³/mol. The third-order valence-electron chi connectivity index (χ3n) is 1.55. The van der Waals surface area contributed by atoms with Crippen molar-refractivity contribution in [1.29, 1.82) is 0 Å². The Morgan fingerprint density at radius 1 is 1.42 bits per heavy atom. The molecule has 0 aliphatic carbocycles. The summed E-state index contributed by atoms with van der Waals surface area (Å²) in [5.74, 6) is -0.676. The predicted octanol–water partition coefficient (Wildman–Crippen LogP) is 3.01. The van der Waals surface area contributed by atoms with E-state index in [9.17, 15) is 4.39 Å². The minimum absolute atomic E-state index is 0.00579. The molecule has 5 heteroatoms. The minimum Gasteiger partial charge on any atom is -0.346 e. The molecule has 2 rings (SSSR count). The van der Waals surface area contributed by atoms with Crippen LogP contribution in [0.4, 0.5) is 4.39 Å². The Morgan fingerprint density at radius 2 is 2.17 bits per heavy atom. The van der Waals surface area contributed by atoms with E-state index < -0.39 is 5.82 Å². The van der Waals surface area contributed by atoms with Gasteiger partial charge in [-0.3, -0.25) is 0 Å². The monoisotopic (exact) mass is 204 g/mol. The van der Waals surface area contributed by atoms with Crippen LogP contribution < -0.4 is 0 Å². The highest BCUT2D eigenvalue weighted by Crippen LogP contribution is 2.28. The number of hydrogen-bond acceptors (Lipinski definition) is 1. The highest BCUT2D eigenvalue weighted by Gasteiger charge is 2.11. The Hall–Kier alpha value is -0.800. The molecule has 0 amide bonds. The Balaban J connectivity index is 2.94. The van der Waals surface area contributed by atoms with E-state index in [2.05, 4.69) is 9.97 Å². The first-order valence-corrected chi connectivity index (χ1v) is 3.93. The van der Waals surface area contributed by atoms with Crippen molar-refractivity contribution in [2.24, 2.45) is 0 Å². The number of pyridine rings is 1. The van der Waals surface area contributed by atoms with Gasteiger partial charge >= 0.3 is 0 Å². The zero-order chi connectivity index (χ0) is 8.72. The van der Waals surface area contributed by atoms with Gasteiger partial charge in [0.05, 0.1) is 5.02 Å². The van der Waals surface area contributed by atoms with Crippen LogP contribution in [0.2, 0.25) is 10.2 Å². The molecule has 2 aromatic rings. The average Bonchev–Trinajstić information content (AvgIpc) is 2.48. The van der Waals surface area contributed by atoms with Gasteiger partial charge in [-0.2, -0.15) is 0 Å². The summed E-state index contributed by atoms with van der Waals surface area (Å²) in [5.41, 5.74) is 0.492. The summed E-state index contributed by atoms with van der Waals surface area (Å²) < 4.78 is 13.0. The van der Waals surface area contributed by atoms with Crippen LogP contribution in [0.1, 0.15) is 0 Å². The standard InChI is InChI=1S/C7H3Cl2FN2/c8-4-3-1-2-11-7(3)12-6(9)5(4)10/h1-2H,(H,11,12). The highest BCUT2D eigenvalue weighted by molar-refractivity contribution is 6.37. The number of rotatable bonds is 0. The molecule has 0 aliphatic heterocycles. The Labute approximate surface area is 77.3 Å². The van der Waals surface area contributed by atoms with Gasteiger partial charge in [0, 0.05) is 11.6 Å². The molecule has 0 fully saturated rings. The Kier molecular flexibility index (Phi) is 1.70. The lowest BCUT2D eigenvalue weighted by Crippen LogP contribution is -1.85.